The summed E-state index contributed by atoms with van der Waals surface area (Å²) in [5.41, 5.74) is 0.0730. The van der Waals surface area contributed by atoms with E-state index >= 15 is 0 Å². The molecule has 0 unspecified atom stereocenters. The zero-order valence-electron chi connectivity index (χ0n) is 16.4. The van der Waals surface area contributed by atoms with Crippen LogP contribution in [0.5, 0.6) is 0 Å². The summed E-state index contributed by atoms with van der Waals surface area (Å²) >= 11 is 0. The molecule has 2 aliphatic rings. The summed E-state index contributed by atoms with van der Waals surface area (Å²) in [5, 5.41) is 13.1. The van der Waals surface area contributed by atoms with Gasteiger partial charge in [-0.3, -0.25) is 20.2 Å². The third-order valence-corrected chi connectivity index (χ3v) is 5.39. The summed E-state index contributed by atoms with van der Waals surface area (Å²) in [6.45, 7) is 0.701. The van der Waals surface area contributed by atoms with Gasteiger partial charge in [-0.15, -0.1) is 0 Å². The Hall–Kier alpha value is -3.80. The van der Waals surface area contributed by atoms with Crippen molar-refractivity contribution in [2.75, 3.05) is 28.2 Å². The van der Waals surface area contributed by atoms with Crippen molar-refractivity contribution in [3.8, 4) is 11.3 Å². The molecular weight excluding hydrogens is 427 g/mol. The van der Waals surface area contributed by atoms with Crippen molar-refractivity contribution in [3.63, 3.8) is 0 Å². The van der Waals surface area contributed by atoms with Gasteiger partial charge in [-0.1, -0.05) is 0 Å². The lowest BCUT2D eigenvalue weighted by Gasteiger charge is -2.36. The minimum Gasteiger partial charge on any atom is -0.389 e. The molecule has 1 fully saturated rings. The smallest absolute Gasteiger partial charge is 0.389 e. The number of anilines is 3. The molecule has 2 atom stereocenters. The van der Waals surface area contributed by atoms with Crippen LogP contribution in [0, 0.1) is 0 Å². The highest BCUT2D eigenvalue weighted by atomic mass is 19.4. The molecular formula is C20H16F3N7O2. The Morgan fingerprint density at radius 3 is 2.72 bits per heavy atom. The first kappa shape index (κ1) is 20.1. The highest BCUT2D eigenvalue weighted by Gasteiger charge is 2.45. The fourth-order valence-corrected chi connectivity index (χ4v) is 3.92. The van der Waals surface area contributed by atoms with Crippen LogP contribution < -0.4 is 15.1 Å². The first-order valence-corrected chi connectivity index (χ1v) is 9.64. The molecule has 9 nitrogen and oxygen atoms in total. The fraction of sp³-hybridized carbons (Fsp3) is 0.250. The van der Waals surface area contributed by atoms with E-state index in [1.807, 2.05) is 4.90 Å². The third-order valence-electron chi connectivity index (χ3n) is 5.39. The number of nitrogens with one attached hydrogen (secondary N) is 1. The molecule has 3 aromatic heterocycles. The second-order valence-electron chi connectivity index (χ2n) is 7.43. The summed E-state index contributed by atoms with van der Waals surface area (Å²) in [5.74, 6) is 0.446. The highest BCUT2D eigenvalue weighted by Crippen LogP contribution is 2.41. The quantitative estimate of drug-likeness (QED) is 0.627. The number of carbonyl (C=O) groups excluding carboxylic acids is 1. The molecule has 12 heteroatoms. The largest absolute Gasteiger partial charge is 0.417 e. The maximum absolute atomic E-state index is 13.1. The Morgan fingerprint density at radius 1 is 1.12 bits per heavy atom. The van der Waals surface area contributed by atoms with Gasteiger partial charge in [0.1, 0.15) is 0 Å². The first-order valence-electron chi connectivity index (χ1n) is 9.64. The van der Waals surface area contributed by atoms with Crippen LogP contribution in [0.25, 0.3) is 11.3 Å². The number of pyridine rings is 2. The van der Waals surface area contributed by atoms with Gasteiger partial charge in [0.15, 0.2) is 11.6 Å². The third kappa shape index (κ3) is 3.47. The second kappa shape index (κ2) is 7.41. The molecule has 0 aromatic carbocycles. The Kier molecular flexibility index (Phi) is 4.66. The van der Waals surface area contributed by atoms with Crippen LogP contribution in [0.1, 0.15) is 5.56 Å². The van der Waals surface area contributed by atoms with Crippen molar-refractivity contribution < 1.29 is 23.1 Å². The Bertz CT molecular complexity index is 1180. The lowest BCUT2D eigenvalue weighted by atomic mass is 10.1. The predicted molar refractivity (Wildman–Crippen MR) is 108 cm³/mol. The monoisotopic (exact) mass is 443 g/mol. The van der Waals surface area contributed by atoms with Gasteiger partial charge in [0.05, 0.1) is 35.3 Å². The molecule has 2 amide bonds. The average Bonchev–Trinajstić information content (AvgIpc) is 3.10. The van der Waals surface area contributed by atoms with Gasteiger partial charge in [-0.05, 0) is 18.2 Å². The number of carbonyl (C=O) groups is 1. The molecule has 0 aliphatic carbocycles. The molecule has 2 bridgehead atoms. The number of urea groups is 1. The van der Waals surface area contributed by atoms with Crippen LogP contribution in [0.3, 0.4) is 0 Å². The maximum atomic E-state index is 13.1. The van der Waals surface area contributed by atoms with Crippen LogP contribution in [0.15, 0.2) is 49.2 Å². The number of nitrogens with zero attached hydrogens (tertiary/aromatic N) is 6. The van der Waals surface area contributed by atoms with E-state index in [0.717, 1.165) is 12.3 Å². The number of amides is 2. The number of rotatable bonds is 2. The normalized spacial score (nSPS) is 19.6. The lowest BCUT2D eigenvalue weighted by Crippen LogP contribution is -2.51. The predicted octanol–water partition coefficient (Wildman–Crippen LogP) is 2.55. The van der Waals surface area contributed by atoms with Gasteiger partial charge in [0.2, 0.25) is 0 Å². The second-order valence-corrected chi connectivity index (χ2v) is 7.43. The number of hydrogen-bond donors (Lipinski definition) is 2. The fourth-order valence-electron chi connectivity index (χ4n) is 3.92. The molecule has 2 N–H and O–H groups in total. The summed E-state index contributed by atoms with van der Waals surface area (Å²) in [4.78, 5) is 32.4. The van der Waals surface area contributed by atoms with Gasteiger partial charge < -0.3 is 10.0 Å². The standard InChI is InChI=1S/C20H16F3N7O2/c21-20(22,23)12-5-11(6-25-7-12)13-1-2-14-18(27-13)30(15-9-29(14)10-16(15)31)19(32)28-17-8-24-3-4-26-17/h1-8,15-16,31H,9-10H2,(H,26,28,32)/t15-,16-/m1/s1. The van der Waals surface area contributed by atoms with Crippen LogP contribution in [0.2, 0.25) is 0 Å². The molecule has 0 radical (unpaired) electrons. The number of aromatic nitrogens is 4. The van der Waals surface area contributed by atoms with E-state index in [1.165, 1.54) is 29.7 Å². The van der Waals surface area contributed by atoms with Crippen molar-refractivity contribution in [2.45, 2.75) is 18.3 Å². The number of hydrogen-bond acceptors (Lipinski definition) is 7. The first-order chi connectivity index (χ1) is 15.3. The van der Waals surface area contributed by atoms with E-state index in [1.54, 1.807) is 12.1 Å². The van der Waals surface area contributed by atoms with Crippen molar-refractivity contribution in [1.82, 2.24) is 19.9 Å². The van der Waals surface area contributed by atoms with Crippen LogP contribution in [0.4, 0.5) is 35.3 Å². The zero-order valence-corrected chi connectivity index (χ0v) is 16.4. The molecule has 1 saturated heterocycles. The van der Waals surface area contributed by atoms with Gasteiger partial charge in [0, 0.05) is 43.4 Å². The number of fused-ring (bicyclic) bond motifs is 4. The van der Waals surface area contributed by atoms with Crippen LogP contribution >= 0.6 is 0 Å². The maximum Gasteiger partial charge on any atom is 0.417 e. The van der Waals surface area contributed by atoms with E-state index in [-0.39, 0.29) is 22.9 Å². The molecule has 3 aromatic rings. The Morgan fingerprint density at radius 2 is 1.97 bits per heavy atom. The number of aliphatic hydroxyl groups excluding tert-OH is 1. The number of halogens is 3. The highest BCUT2D eigenvalue weighted by molar-refractivity contribution is 6.04. The number of aliphatic hydroxyl groups is 1. The van der Waals surface area contributed by atoms with Gasteiger partial charge in [0.25, 0.3) is 0 Å². The van der Waals surface area contributed by atoms with Crippen molar-refractivity contribution >= 4 is 23.4 Å². The number of alkyl halides is 3. The minimum absolute atomic E-state index is 0.158. The van der Waals surface area contributed by atoms with Crippen LogP contribution in [-0.4, -0.2) is 56.3 Å². The molecule has 2 aliphatic heterocycles. The summed E-state index contributed by atoms with van der Waals surface area (Å²) in [6, 6.07) is 3.04. The minimum atomic E-state index is -4.55. The van der Waals surface area contributed by atoms with Crippen LogP contribution in [-0.2, 0) is 6.18 Å². The lowest BCUT2D eigenvalue weighted by molar-refractivity contribution is -0.137. The topological polar surface area (TPSA) is 107 Å². The van der Waals surface area contributed by atoms with Crippen molar-refractivity contribution in [3.05, 3.63) is 54.7 Å². The van der Waals surface area contributed by atoms with Crippen molar-refractivity contribution in [1.29, 1.82) is 0 Å². The zero-order chi connectivity index (χ0) is 22.5. The van der Waals surface area contributed by atoms with Gasteiger partial charge >= 0.3 is 12.2 Å². The molecule has 0 saturated carbocycles. The van der Waals surface area contributed by atoms with Crippen molar-refractivity contribution in [2.24, 2.45) is 0 Å². The average molecular weight is 443 g/mol. The van der Waals surface area contributed by atoms with Gasteiger partial charge in [-0.25, -0.2) is 14.8 Å². The summed E-state index contributed by atoms with van der Waals surface area (Å²) in [6.07, 6.45) is 0.901. The molecule has 32 heavy (non-hydrogen) atoms. The van der Waals surface area contributed by atoms with E-state index < -0.39 is 29.9 Å². The Balaban J connectivity index is 1.56. The van der Waals surface area contributed by atoms with E-state index in [0.29, 0.717) is 18.8 Å². The molecule has 0 spiro atoms. The van der Waals surface area contributed by atoms with E-state index in [4.69, 9.17) is 0 Å². The van der Waals surface area contributed by atoms with E-state index in [2.05, 4.69) is 25.3 Å². The van der Waals surface area contributed by atoms with Gasteiger partial charge in [-0.2, -0.15) is 13.2 Å². The summed E-state index contributed by atoms with van der Waals surface area (Å²) < 4.78 is 39.4. The molecule has 5 rings (SSSR count). The Labute approximate surface area is 179 Å². The SMILES string of the molecule is O=C(Nc1cnccn1)N1c2nc(-c3cncc(C(F)(F)F)c3)ccc2N2C[C@@H](O)[C@H]1C2. The molecule has 5 heterocycles. The molecule has 164 valence electrons. The summed E-state index contributed by atoms with van der Waals surface area (Å²) in [7, 11) is 0. The van der Waals surface area contributed by atoms with E-state index in [9.17, 15) is 23.1 Å².